The molecule has 112 valence electrons. The molecule has 3 rings (SSSR count). The Balaban J connectivity index is 1.85. The number of anilines is 1. The summed E-state index contributed by atoms with van der Waals surface area (Å²) in [6, 6.07) is 11.3. The molecule has 3 nitrogen and oxygen atoms in total. The zero-order chi connectivity index (χ0) is 15.5. The Morgan fingerprint density at radius 1 is 1.27 bits per heavy atom. The molecule has 22 heavy (non-hydrogen) atoms. The Morgan fingerprint density at radius 2 is 2.05 bits per heavy atom. The predicted octanol–water partition coefficient (Wildman–Crippen LogP) is 4.55. The molecule has 2 aromatic rings. The minimum absolute atomic E-state index is 0.0763. The van der Waals surface area contributed by atoms with Crippen LogP contribution in [0.3, 0.4) is 0 Å². The van der Waals surface area contributed by atoms with E-state index in [2.05, 4.69) is 0 Å². The average molecular weight is 347 g/mol. The van der Waals surface area contributed by atoms with Gasteiger partial charge in [-0.05, 0) is 48.7 Å². The van der Waals surface area contributed by atoms with Crippen molar-refractivity contribution in [3.8, 4) is 5.75 Å². The zero-order valence-electron chi connectivity index (χ0n) is 11.8. The maximum absolute atomic E-state index is 12.6. The second-order valence-electron chi connectivity index (χ2n) is 4.46. The molecule has 0 unspecified atom stereocenters. The third kappa shape index (κ3) is 3.09. The van der Waals surface area contributed by atoms with Gasteiger partial charge in [-0.2, -0.15) is 0 Å². The van der Waals surface area contributed by atoms with Crippen molar-refractivity contribution in [3.05, 3.63) is 51.6 Å². The molecule has 0 N–H and O–H groups in total. The first-order chi connectivity index (χ1) is 10.7. The van der Waals surface area contributed by atoms with Crippen molar-refractivity contribution in [2.45, 2.75) is 6.92 Å². The lowest BCUT2D eigenvalue weighted by Crippen LogP contribution is -2.27. The van der Waals surface area contributed by atoms with Crippen molar-refractivity contribution < 1.29 is 9.53 Å². The number of ether oxygens (including phenoxy) is 1. The van der Waals surface area contributed by atoms with Crippen LogP contribution in [0.5, 0.6) is 5.75 Å². The van der Waals surface area contributed by atoms with E-state index in [1.165, 1.54) is 11.8 Å². The van der Waals surface area contributed by atoms with Crippen LogP contribution in [-0.2, 0) is 4.79 Å². The molecule has 0 saturated carbocycles. The minimum atomic E-state index is -0.0763. The molecular formula is C16H13NO2S3. The van der Waals surface area contributed by atoms with Crippen LogP contribution in [0.4, 0.5) is 5.69 Å². The maximum Gasteiger partial charge on any atom is 0.270 e. The lowest BCUT2D eigenvalue weighted by atomic mass is 10.2. The number of benzene rings is 1. The lowest BCUT2D eigenvalue weighted by molar-refractivity contribution is -0.113. The first kappa shape index (κ1) is 15.3. The summed E-state index contributed by atoms with van der Waals surface area (Å²) in [5, 5.41) is 1.99. The van der Waals surface area contributed by atoms with Gasteiger partial charge in [0.2, 0.25) is 0 Å². The molecule has 1 saturated heterocycles. The summed E-state index contributed by atoms with van der Waals surface area (Å²) in [5.41, 5.74) is 0.764. The SMILES string of the molecule is CCOc1ccc(N2C(=O)/C(=C/c3cccs3)SC2=S)cc1. The van der Waals surface area contributed by atoms with Gasteiger partial charge >= 0.3 is 0 Å². The summed E-state index contributed by atoms with van der Waals surface area (Å²) in [6.07, 6.45) is 1.89. The first-order valence-corrected chi connectivity index (χ1v) is 8.84. The van der Waals surface area contributed by atoms with E-state index in [1.54, 1.807) is 16.2 Å². The summed E-state index contributed by atoms with van der Waals surface area (Å²) < 4.78 is 5.97. The van der Waals surface area contributed by atoms with Gasteiger partial charge in [0.25, 0.3) is 5.91 Å². The second kappa shape index (κ2) is 6.64. The Hall–Kier alpha value is -1.63. The van der Waals surface area contributed by atoms with Crippen LogP contribution in [0.1, 0.15) is 11.8 Å². The quantitative estimate of drug-likeness (QED) is 0.599. The number of thiocarbonyl (C=S) groups is 1. The number of hydrogen-bond acceptors (Lipinski definition) is 5. The molecule has 1 aromatic carbocycles. The van der Waals surface area contributed by atoms with E-state index in [0.717, 1.165) is 16.3 Å². The predicted molar refractivity (Wildman–Crippen MR) is 97.6 cm³/mol. The molecule has 2 heterocycles. The molecule has 6 heteroatoms. The van der Waals surface area contributed by atoms with Crippen LogP contribution in [0.15, 0.2) is 46.7 Å². The van der Waals surface area contributed by atoms with E-state index >= 15 is 0 Å². The van der Waals surface area contributed by atoms with E-state index in [4.69, 9.17) is 17.0 Å². The van der Waals surface area contributed by atoms with Crippen molar-refractivity contribution >= 4 is 57.3 Å². The standard InChI is InChI=1S/C16H13NO2S3/c1-2-19-12-7-5-11(6-8-12)17-15(18)14(22-16(17)20)10-13-4-3-9-21-13/h3-10H,2H2,1H3/b14-10-. The molecule has 0 aliphatic carbocycles. The van der Waals surface area contributed by atoms with Crippen molar-refractivity contribution in [1.29, 1.82) is 0 Å². The fraction of sp³-hybridized carbons (Fsp3) is 0.125. The first-order valence-electron chi connectivity index (χ1n) is 6.73. The average Bonchev–Trinajstić information content (AvgIpc) is 3.10. The van der Waals surface area contributed by atoms with Crippen LogP contribution in [0.2, 0.25) is 0 Å². The minimum Gasteiger partial charge on any atom is -0.494 e. The van der Waals surface area contributed by atoms with E-state index < -0.39 is 0 Å². The molecular weight excluding hydrogens is 334 g/mol. The lowest BCUT2D eigenvalue weighted by Gasteiger charge is -2.15. The highest BCUT2D eigenvalue weighted by molar-refractivity contribution is 8.27. The summed E-state index contributed by atoms with van der Waals surface area (Å²) >= 11 is 8.29. The van der Waals surface area contributed by atoms with Crippen molar-refractivity contribution in [3.63, 3.8) is 0 Å². The molecule has 1 aliphatic heterocycles. The van der Waals surface area contributed by atoms with Crippen LogP contribution in [-0.4, -0.2) is 16.8 Å². The number of hydrogen-bond donors (Lipinski definition) is 0. The Kier molecular flexibility index (Phi) is 4.61. The molecule has 1 amide bonds. The van der Waals surface area contributed by atoms with Crippen molar-refractivity contribution in [2.24, 2.45) is 0 Å². The summed E-state index contributed by atoms with van der Waals surface area (Å²) in [7, 11) is 0. The van der Waals surface area contributed by atoms with Gasteiger partial charge in [0.05, 0.1) is 17.2 Å². The molecule has 1 aliphatic rings. The molecule has 0 spiro atoms. The van der Waals surface area contributed by atoms with E-state index in [9.17, 15) is 4.79 Å². The number of thioether (sulfide) groups is 1. The zero-order valence-corrected chi connectivity index (χ0v) is 14.3. The van der Waals surface area contributed by atoms with Crippen LogP contribution < -0.4 is 9.64 Å². The van der Waals surface area contributed by atoms with E-state index in [1.807, 2.05) is 54.8 Å². The summed E-state index contributed by atoms with van der Waals surface area (Å²) in [6.45, 7) is 2.55. The van der Waals surface area contributed by atoms with Crippen LogP contribution >= 0.6 is 35.3 Å². The smallest absolute Gasteiger partial charge is 0.270 e. The second-order valence-corrected chi connectivity index (χ2v) is 7.11. The number of amides is 1. The maximum atomic E-state index is 12.6. The van der Waals surface area contributed by atoms with Crippen molar-refractivity contribution in [2.75, 3.05) is 11.5 Å². The number of carbonyl (C=O) groups is 1. The van der Waals surface area contributed by atoms with E-state index in [-0.39, 0.29) is 5.91 Å². The van der Waals surface area contributed by atoms with Gasteiger partial charge in [-0.3, -0.25) is 9.69 Å². The largest absolute Gasteiger partial charge is 0.494 e. The van der Waals surface area contributed by atoms with Crippen LogP contribution in [0, 0.1) is 0 Å². The van der Waals surface area contributed by atoms with Gasteiger partial charge < -0.3 is 4.74 Å². The monoisotopic (exact) mass is 347 g/mol. The molecule has 0 radical (unpaired) electrons. The van der Waals surface area contributed by atoms with E-state index in [0.29, 0.717) is 15.8 Å². The highest BCUT2D eigenvalue weighted by Gasteiger charge is 2.33. The van der Waals surface area contributed by atoms with Gasteiger partial charge in [-0.1, -0.05) is 30.0 Å². The Labute approximate surface area is 142 Å². The number of carbonyl (C=O) groups excluding carboxylic acids is 1. The molecule has 0 atom stereocenters. The Morgan fingerprint density at radius 3 is 2.68 bits per heavy atom. The fourth-order valence-electron chi connectivity index (χ4n) is 2.05. The Bertz CT molecular complexity index is 720. The number of rotatable bonds is 4. The fourth-order valence-corrected chi connectivity index (χ4v) is 4.07. The topological polar surface area (TPSA) is 29.5 Å². The molecule has 1 fully saturated rings. The third-order valence-corrected chi connectivity index (χ3v) is 5.14. The summed E-state index contributed by atoms with van der Waals surface area (Å²) in [5.74, 6) is 0.707. The van der Waals surface area contributed by atoms with Crippen LogP contribution in [0.25, 0.3) is 6.08 Å². The van der Waals surface area contributed by atoms with Crippen molar-refractivity contribution in [1.82, 2.24) is 0 Å². The number of thiophene rings is 1. The highest BCUT2D eigenvalue weighted by Crippen LogP contribution is 2.36. The third-order valence-electron chi connectivity index (χ3n) is 3.02. The van der Waals surface area contributed by atoms with Gasteiger partial charge in [-0.15, -0.1) is 11.3 Å². The van der Waals surface area contributed by atoms with Gasteiger partial charge in [0, 0.05) is 4.88 Å². The number of nitrogens with zero attached hydrogens (tertiary/aromatic N) is 1. The van der Waals surface area contributed by atoms with Gasteiger partial charge in [0.1, 0.15) is 5.75 Å². The molecule has 1 aromatic heterocycles. The summed E-state index contributed by atoms with van der Waals surface area (Å²) in [4.78, 5) is 15.8. The molecule has 0 bridgehead atoms. The highest BCUT2D eigenvalue weighted by atomic mass is 32.2. The normalized spacial score (nSPS) is 16.6. The van der Waals surface area contributed by atoms with Gasteiger partial charge in [-0.25, -0.2) is 0 Å². The van der Waals surface area contributed by atoms with Gasteiger partial charge in [0.15, 0.2) is 4.32 Å².